The molecule has 1 atom stereocenters. The van der Waals surface area contributed by atoms with Crippen LogP contribution in [0.15, 0.2) is 48.5 Å². The fourth-order valence-electron chi connectivity index (χ4n) is 3.78. The van der Waals surface area contributed by atoms with Gasteiger partial charge in [-0.2, -0.15) is 0 Å². The molecule has 0 aromatic heterocycles. The van der Waals surface area contributed by atoms with Crippen LogP contribution in [-0.4, -0.2) is 24.9 Å². The molecule has 0 bridgehead atoms. The number of carbonyl (C=O) groups is 2. The first-order chi connectivity index (χ1) is 12.7. The van der Waals surface area contributed by atoms with Crippen LogP contribution in [0.25, 0.3) is 0 Å². The maximum absolute atomic E-state index is 12.4. The third-order valence-corrected chi connectivity index (χ3v) is 5.17. The normalized spacial score (nSPS) is 19.0. The second-order valence-electron chi connectivity index (χ2n) is 6.98. The number of hydrogen-bond acceptors (Lipinski definition) is 3. The predicted octanol–water partition coefficient (Wildman–Crippen LogP) is 3.74. The largest absolute Gasteiger partial charge is 0.372 e. The topological polar surface area (TPSA) is 61.4 Å². The Morgan fingerprint density at radius 1 is 1.04 bits per heavy atom. The molecule has 0 aliphatic carbocycles. The van der Waals surface area contributed by atoms with Crippen LogP contribution in [0.5, 0.6) is 0 Å². The van der Waals surface area contributed by atoms with Crippen molar-refractivity contribution in [2.24, 2.45) is 0 Å². The zero-order valence-electron chi connectivity index (χ0n) is 14.7. The van der Waals surface area contributed by atoms with E-state index >= 15 is 0 Å². The molecule has 1 saturated heterocycles. The van der Waals surface area contributed by atoms with Gasteiger partial charge < -0.3 is 15.5 Å². The number of anilines is 3. The summed E-state index contributed by atoms with van der Waals surface area (Å²) in [5.74, 6) is -0.673. The molecule has 2 amide bonds. The predicted molar refractivity (Wildman–Crippen MR) is 104 cm³/mol. The Labute approximate surface area is 153 Å². The van der Waals surface area contributed by atoms with Crippen LogP contribution >= 0.6 is 0 Å². The van der Waals surface area contributed by atoms with Crippen molar-refractivity contribution in [3.05, 3.63) is 54.1 Å². The summed E-state index contributed by atoms with van der Waals surface area (Å²) in [4.78, 5) is 26.9. The van der Waals surface area contributed by atoms with E-state index in [0.717, 1.165) is 30.0 Å². The summed E-state index contributed by atoms with van der Waals surface area (Å²) >= 11 is 0. The summed E-state index contributed by atoms with van der Waals surface area (Å²) in [7, 11) is 0. The van der Waals surface area contributed by atoms with Crippen molar-refractivity contribution >= 4 is 28.9 Å². The first-order valence-corrected chi connectivity index (χ1v) is 9.25. The minimum atomic E-state index is -0.418. The molecule has 2 heterocycles. The number of para-hydroxylation sites is 1. The van der Waals surface area contributed by atoms with E-state index in [2.05, 4.69) is 27.7 Å². The summed E-state index contributed by atoms with van der Waals surface area (Å²) in [5.41, 5.74) is 3.67. The molecule has 4 rings (SSSR count). The molecule has 0 radical (unpaired) electrons. The number of nitrogens with zero attached hydrogens (tertiary/aromatic N) is 1. The summed E-state index contributed by atoms with van der Waals surface area (Å²) in [6.45, 7) is 2.20. The van der Waals surface area contributed by atoms with Gasteiger partial charge in [-0.05, 0) is 55.2 Å². The Balaban J connectivity index is 1.38. The number of fused-ring (bicyclic) bond motifs is 1. The van der Waals surface area contributed by atoms with Crippen molar-refractivity contribution in [2.75, 3.05) is 28.6 Å². The third kappa shape index (κ3) is 3.43. The number of rotatable bonds is 4. The molecule has 134 valence electrons. The van der Waals surface area contributed by atoms with Gasteiger partial charge in [-0.15, -0.1) is 0 Å². The average Bonchev–Trinajstić information content (AvgIpc) is 2.98. The smallest absolute Gasteiger partial charge is 0.232 e. The summed E-state index contributed by atoms with van der Waals surface area (Å²) < 4.78 is 0. The van der Waals surface area contributed by atoms with Gasteiger partial charge in [0.15, 0.2) is 0 Å². The van der Waals surface area contributed by atoms with Gasteiger partial charge >= 0.3 is 0 Å². The Bertz CT molecular complexity index is 810. The summed E-state index contributed by atoms with van der Waals surface area (Å²) in [5, 5.41) is 5.75. The average molecular weight is 349 g/mol. The van der Waals surface area contributed by atoms with E-state index in [0.29, 0.717) is 0 Å². The van der Waals surface area contributed by atoms with Crippen molar-refractivity contribution in [3.8, 4) is 0 Å². The fraction of sp³-hybridized carbons (Fsp3) is 0.333. The van der Waals surface area contributed by atoms with Crippen LogP contribution in [0.4, 0.5) is 17.1 Å². The summed E-state index contributed by atoms with van der Waals surface area (Å²) in [6.07, 6.45) is 3.94. The fourth-order valence-corrected chi connectivity index (χ4v) is 3.78. The van der Waals surface area contributed by atoms with Gasteiger partial charge in [-0.25, -0.2) is 0 Å². The lowest BCUT2D eigenvalue weighted by Gasteiger charge is -2.28. The molecular weight excluding hydrogens is 326 g/mol. The summed E-state index contributed by atoms with van der Waals surface area (Å²) in [6, 6.07) is 15.5. The zero-order chi connectivity index (χ0) is 17.9. The van der Waals surface area contributed by atoms with E-state index in [4.69, 9.17) is 0 Å². The lowest BCUT2D eigenvalue weighted by Crippen LogP contribution is -2.29. The molecule has 2 aliphatic rings. The number of amides is 2. The minimum absolute atomic E-state index is 0.109. The highest BCUT2D eigenvalue weighted by Crippen LogP contribution is 2.34. The molecular formula is C21H23N3O2. The molecule has 2 aromatic carbocycles. The second-order valence-corrected chi connectivity index (χ2v) is 6.98. The molecule has 2 aliphatic heterocycles. The first kappa shape index (κ1) is 16.6. The van der Waals surface area contributed by atoms with E-state index in [1.807, 2.05) is 36.4 Å². The van der Waals surface area contributed by atoms with Crippen LogP contribution in [0, 0.1) is 0 Å². The van der Waals surface area contributed by atoms with Crippen molar-refractivity contribution in [1.82, 2.24) is 0 Å². The van der Waals surface area contributed by atoms with Crippen molar-refractivity contribution in [1.29, 1.82) is 0 Å². The number of nitrogens with one attached hydrogen (secondary N) is 2. The second kappa shape index (κ2) is 7.20. The van der Waals surface area contributed by atoms with Crippen molar-refractivity contribution < 1.29 is 9.59 Å². The standard InChI is InChI=1S/C21H23N3O2/c25-20(14-18-17-6-2-3-7-19(17)23-21(18)26)22-15-8-10-16(11-9-15)24-12-4-1-5-13-24/h2-3,6-11,18H,1,4-5,12-14H2,(H,22,25)(H,23,26). The molecule has 5 nitrogen and oxygen atoms in total. The Morgan fingerprint density at radius 2 is 1.77 bits per heavy atom. The van der Waals surface area contributed by atoms with Crippen LogP contribution in [0.3, 0.4) is 0 Å². The van der Waals surface area contributed by atoms with E-state index in [1.165, 1.54) is 24.9 Å². The molecule has 2 aromatic rings. The minimum Gasteiger partial charge on any atom is -0.372 e. The van der Waals surface area contributed by atoms with Gasteiger partial charge in [0, 0.05) is 36.6 Å². The van der Waals surface area contributed by atoms with E-state index < -0.39 is 5.92 Å². The van der Waals surface area contributed by atoms with Gasteiger partial charge in [0.05, 0.1) is 5.92 Å². The number of carbonyl (C=O) groups excluding carboxylic acids is 2. The highest BCUT2D eigenvalue weighted by Gasteiger charge is 2.31. The quantitative estimate of drug-likeness (QED) is 0.884. The highest BCUT2D eigenvalue weighted by molar-refractivity contribution is 6.06. The SMILES string of the molecule is O=C(CC1C(=O)Nc2ccccc21)Nc1ccc(N2CCCCC2)cc1. The van der Waals surface area contributed by atoms with E-state index in [9.17, 15) is 9.59 Å². The van der Waals surface area contributed by atoms with Crippen molar-refractivity contribution in [2.45, 2.75) is 31.6 Å². The van der Waals surface area contributed by atoms with Crippen LogP contribution in [0.1, 0.15) is 37.2 Å². The molecule has 0 spiro atoms. The molecule has 5 heteroatoms. The van der Waals surface area contributed by atoms with E-state index in [1.54, 1.807) is 0 Å². The Kier molecular flexibility index (Phi) is 4.61. The lowest BCUT2D eigenvalue weighted by molar-refractivity contribution is -0.122. The highest BCUT2D eigenvalue weighted by atomic mass is 16.2. The molecule has 2 N–H and O–H groups in total. The number of piperidine rings is 1. The number of hydrogen-bond donors (Lipinski definition) is 2. The van der Waals surface area contributed by atoms with Gasteiger partial charge in [0.2, 0.25) is 11.8 Å². The third-order valence-electron chi connectivity index (χ3n) is 5.17. The lowest BCUT2D eigenvalue weighted by atomic mass is 9.97. The Morgan fingerprint density at radius 3 is 2.54 bits per heavy atom. The van der Waals surface area contributed by atoms with Gasteiger partial charge in [0.25, 0.3) is 0 Å². The maximum atomic E-state index is 12.4. The monoisotopic (exact) mass is 349 g/mol. The Hall–Kier alpha value is -2.82. The van der Waals surface area contributed by atoms with Crippen LogP contribution in [-0.2, 0) is 9.59 Å². The number of benzene rings is 2. The van der Waals surface area contributed by atoms with Crippen molar-refractivity contribution in [3.63, 3.8) is 0 Å². The molecule has 26 heavy (non-hydrogen) atoms. The zero-order valence-corrected chi connectivity index (χ0v) is 14.7. The maximum Gasteiger partial charge on any atom is 0.232 e. The van der Waals surface area contributed by atoms with E-state index in [-0.39, 0.29) is 18.2 Å². The van der Waals surface area contributed by atoms with Gasteiger partial charge in [-0.1, -0.05) is 18.2 Å². The molecule has 1 fully saturated rings. The molecule has 0 saturated carbocycles. The molecule has 1 unspecified atom stereocenters. The van der Waals surface area contributed by atoms with Gasteiger partial charge in [0.1, 0.15) is 0 Å². The van der Waals surface area contributed by atoms with Crippen LogP contribution in [0.2, 0.25) is 0 Å². The van der Waals surface area contributed by atoms with Gasteiger partial charge in [-0.3, -0.25) is 9.59 Å². The van der Waals surface area contributed by atoms with Crippen LogP contribution < -0.4 is 15.5 Å². The first-order valence-electron chi connectivity index (χ1n) is 9.25.